The van der Waals surface area contributed by atoms with Crippen molar-refractivity contribution in [2.24, 2.45) is 0 Å². The SMILES string of the molecule is CN(C(C)(C)CO)S(=O)(=O)c1ccc(N)c2ccccc12. The molecule has 0 aliphatic rings. The number of rotatable bonds is 4. The van der Waals surface area contributed by atoms with Gasteiger partial charge in [-0.15, -0.1) is 0 Å². The molecule has 114 valence electrons. The molecule has 0 heterocycles. The van der Waals surface area contributed by atoms with Crippen molar-refractivity contribution in [3.05, 3.63) is 36.4 Å². The zero-order valence-electron chi connectivity index (χ0n) is 12.4. The van der Waals surface area contributed by atoms with Crippen LogP contribution >= 0.6 is 0 Å². The third kappa shape index (κ3) is 2.62. The summed E-state index contributed by atoms with van der Waals surface area (Å²) in [6.45, 7) is 3.07. The van der Waals surface area contributed by atoms with Crippen LogP contribution in [0.2, 0.25) is 0 Å². The van der Waals surface area contributed by atoms with Gasteiger partial charge in [0.1, 0.15) is 0 Å². The Bertz CT molecular complexity index is 770. The molecular weight excluding hydrogens is 288 g/mol. The summed E-state index contributed by atoms with van der Waals surface area (Å²) in [4.78, 5) is 0.191. The maximum Gasteiger partial charge on any atom is 0.244 e. The van der Waals surface area contributed by atoms with Crippen LogP contribution < -0.4 is 5.73 Å². The van der Waals surface area contributed by atoms with E-state index >= 15 is 0 Å². The van der Waals surface area contributed by atoms with Gasteiger partial charge in [0, 0.05) is 23.5 Å². The molecule has 0 saturated carbocycles. The number of anilines is 1. The highest BCUT2D eigenvalue weighted by Gasteiger charge is 2.34. The quantitative estimate of drug-likeness (QED) is 0.844. The van der Waals surface area contributed by atoms with Gasteiger partial charge in [0.25, 0.3) is 0 Å². The largest absolute Gasteiger partial charge is 0.398 e. The minimum atomic E-state index is -3.73. The first-order valence-corrected chi connectivity index (χ1v) is 8.03. The molecule has 0 bridgehead atoms. The first-order chi connectivity index (χ1) is 9.71. The van der Waals surface area contributed by atoms with Crippen LogP contribution in [-0.2, 0) is 10.0 Å². The number of aliphatic hydroxyl groups excluding tert-OH is 1. The predicted molar refractivity (Wildman–Crippen MR) is 84.5 cm³/mol. The Balaban J connectivity index is 2.70. The van der Waals surface area contributed by atoms with Gasteiger partial charge >= 0.3 is 0 Å². The number of nitrogens with zero attached hydrogens (tertiary/aromatic N) is 1. The van der Waals surface area contributed by atoms with Gasteiger partial charge in [-0.3, -0.25) is 0 Å². The lowest BCUT2D eigenvalue weighted by Gasteiger charge is -2.33. The van der Waals surface area contributed by atoms with Gasteiger partial charge in [-0.1, -0.05) is 24.3 Å². The van der Waals surface area contributed by atoms with Crippen LogP contribution in [0.15, 0.2) is 41.3 Å². The summed E-state index contributed by atoms with van der Waals surface area (Å²) >= 11 is 0. The zero-order valence-corrected chi connectivity index (χ0v) is 13.2. The van der Waals surface area contributed by atoms with Gasteiger partial charge in [-0.05, 0) is 26.0 Å². The van der Waals surface area contributed by atoms with E-state index in [-0.39, 0.29) is 11.5 Å². The maximum atomic E-state index is 12.8. The number of nitrogen functional groups attached to an aromatic ring is 1. The van der Waals surface area contributed by atoms with E-state index in [9.17, 15) is 13.5 Å². The van der Waals surface area contributed by atoms with E-state index in [0.29, 0.717) is 16.5 Å². The molecule has 0 unspecified atom stereocenters. The smallest absolute Gasteiger partial charge is 0.244 e. The Hall–Kier alpha value is -1.63. The summed E-state index contributed by atoms with van der Waals surface area (Å²) in [7, 11) is -2.27. The van der Waals surface area contributed by atoms with E-state index in [1.165, 1.54) is 17.4 Å². The van der Waals surface area contributed by atoms with Gasteiger partial charge in [0.15, 0.2) is 0 Å². The van der Waals surface area contributed by atoms with Crippen LogP contribution in [-0.4, -0.2) is 37.0 Å². The number of benzene rings is 2. The summed E-state index contributed by atoms with van der Waals surface area (Å²) in [5.74, 6) is 0. The Morgan fingerprint density at radius 3 is 2.29 bits per heavy atom. The highest BCUT2D eigenvalue weighted by Crippen LogP contribution is 2.31. The van der Waals surface area contributed by atoms with Crippen molar-refractivity contribution in [3.63, 3.8) is 0 Å². The molecule has 2 aromatic carbocycles. The molecule has 0 amide bonds. The molecule has 5 nitrogen and oxygen atoms in total. The molecule has 0 radical (unpaired) electrons. The predicted octanol–water partition coefficient (Wildman–Crippen LogP) is 1.81. The minimum absolute atomic E-state index is 0.191. The van der Waals surface area contributed by atoms with Crippen molar-refractivity contribution in [2.75, 3.05) is 19.4 Å². The van der Waals surface area contributed by atoms with Crippen LogP contribution in [0.4, 0.5) is 5.69 Å². The summed E-state index contributed by atoms with van der Waals surface area (Å²) in [6, 6.07) is 10.2. The first-order valence-electron chi connectivity index (χ1n) is 6.59. The molecule has 0 aliphatic heterocycles. The average Bonchev–Trinajstić information content (AvgIpc) is 2.46. The van der Waals surface area contributed by atoms with Crippen LogP contribution in [0.3, 0.4) is 0 Å². The summed E-state index contributed by atoms with van der Waals surface area (Å²) < 4.78 is 26.9. The molecule has 2 aromatic rings. The number of hydrogen-bond donors (Lipinski definition) is 2. The van der Waals surface area contributed by atoms with E-state index < -0.39 is 15.6 Å². The molecule has 0 aromatic heterocycles. The van der Waals surface area contributed by atoms with Gasteiger partial charge in [0.2, 0.25) is 10.0 Å². The van der Waals surface area contributed by atoms with Gasteiger partial charge in [0.05, 0.1) is 17.0 Å². The summed E-state index contributed by atoms with van der Waals surface area (Å²) in [6.07, 6.45) is 0. The number of nitrogens with two attached hydrogens (primary N) is 1. The van der Waals surface area contributed by atoms with Crippen LogP contribution in [0.1, 0.15) is 13.8 Å². The van der Waals surface area contributed by atoms with E-state index in [2.05, 4.69) is 0 Å². The topological polar surface area (TPSA) is 83.6 Å². The lowest BCUT2D eigenvalue weighted by Crippen LogP contribution is -2.47. The molecule has 0 aliphatic carbocycles. The average molecular weight is 308 g/mol. The first kappa shape index (κ1) is 15.8. The molecule has 6 heteroatoms. The van der Waals surface area contributed by atoms with Crippen LogP contribution in [0.25, 0.3) is 10.8 Å². The molecule has 2 rings (SSSR count). The standard InChI is InChI=1S/C15H20N2O3S/c1-15(2,10-18)17(3)21(19,20)14-9-8-13(16)11-6-4-5-7-12(11)14/h4-9,18H,10,16H2,1-3H3. The number of fused-ring (bicyclic) bond motifs is 1. The number of likely N-dealkylation sites (N-methyl/N-ethyl adjacent to an activating group) is 1. The molecule has 21 heavy (non-hydrogen) atoms. The van der Waals surface area contributed by atoms with E-state index in [0.717, 1.165) is 0 Å². The highest BCUT2D eigenvalue weighted by atomic mass is 32.2. The van der Waals surface area contributed by atoms with Crippen LogP contribution in [0.5, 0.6) is 0 Å². The van der Waals surface area contributed by atoms with Gasteiger partial charge in [-0.25, -0.2) is 8.42 Å². The van der Waals surface area contributed by atoms with E-state index in [4.69, 9.17) is 5.73 Å². The minimum Gasteiger partial charge on any atom is -0.398 e. The monoisotopic (exact) mass is 308 g/mol. The lowest BCUT2D eigenvalue weighted by molar-refractivity contribution is 0.138. The number of sulfonamides is 1. The molecule has 3 N–H and O–H groups in total. The molecule has 0 fully saturated rings. The van der Waals surface area contributed by atoms with Crippen molar-refractivity contribution in [2.45, 2.75) is 24.3 Å². The Labute approximate surface area is 125 Å². The fourth-order valence-corrected chi connectivity index (χ4v) is 3.79. The van der Waals surface area contributed by atoms with Crippen molar-refractivity contribution >= 4 is 26.5 Å². The van der Waals surface area contributed by atoms with Crippen molar-refractivity contribution < 1.29 is 13.5 Å². The normalized spacial score (nSPS) is 13.0. The van der Waals surface area contributed by atoms with Crippen molar-refractivity contribution in [1.82, 2.24) is 4.31 Å². The van der Waals surface area contributed by atoms with Gasteiger partial charge < -0.3 is 10.8 Å². The Kier molecular flexibility index (Phi) is 3.97. The Morgan fingerprint density at radius 2 is 1.71 bits per heavy atom. The summed E-state index contributed by atoms with van der Waals surface area (Å²) in [5, 5.41) is 10.7. The zero-order chi connectivity index (χ0) is 15.8. The third-order valence-electron chi connectivity index (χ3n) is 3.80. The second kappa shape index (κ2) is 5.29. The van der Waals surface area contributed by atoms with Crippen LogP contribution in [0, 0.1) is 0 Å². The fourth-order valence-electron chi connectivity index (χ4n) is 2.09. The second-order valence-corrected chi connectivity index (χ2v) is 7.58. The lowest BCUT2D eigenvalue weighted by atomic mass is 10.1. The molecule has 0 atom stereocenters. The Morgan fingerprint density at radius 1 is 1.14 bits per heavy atom. The molecular formula is C15H20N2O3S. The third-order valence-corrected chi connectivity index (χ3v) is 5.92. The van der Waals surface area contributed by atoms with E-state index in [1.54, 1.807) is 38.1 Å². The number of hydrogen-bond acceptors (Lipinski definition) is 4. The maximum absolute atomic E-state index is 12.8. The molecule has 0 saturated heterocycles. The fraction of sp³-hybridized carbons (Fsp3) is 0.333. The van der Waals surface area contributed by atoms with Crippen molar-refractivity contribution in [1.29, 1.82) is 0 Å². The molecule has 0 spiro atoms. The summed E-state index contributed by atoms with van der Waals surface area (Å²) in [5.41, 5.74) is 5.56. The number of aliphatic hydroxyl groups is 1. The van der Waals surface area contributed by atoms with E-state index in [1.807, 2.05) is 6.07 Å². The van der Waals surface area contributed by atoms with Gasteiger partial charge in [-0.2, -0.15) is 4.31 Å². The highest BCUT2D eigenvalue weighted by molar-refractivity contribution is 7.89. The second-order valence-electron chi connectivity index (χ2n) is 5.64. The van der Waals surface area contributed by atoms with Crippen molar-refractivity contribution in [3.8, 4) is 0 Å².